The number of amides is 1. The summed E-state index contributed by atoms with van der Waals surface area (Å²) in [5.74, 6) is 0.00653. The Balaban J connectivity index is 1.82. The first-order valence-corrected chi connectivity index (χ1v) is 8.83. The fourth-order valence-electron chi connectivity index (χ4n) is 2.80. The van der Waals surface area contributed by atoms with Crippen molar-refractivity contribution in [3.05, 3.63) is 29.8 Å². The molecule has 0 unspecified atom stereocenters. The van der Waals surface area contributed by atoms with Gasteiger partial charge in [-0.3, -0.25) is 4.79 Å². The van der Waals surface area contributed by atoms with Gasteiger partial charge in [0.25, 0.3) is 5.91 Å². The molecule has 1 aliphatic carbocycles. The van der Waals surface area contributed by atoms with E-state index in [-0.39, 0.29) is 18.6 Å². The molecule has 25 heavy (non-hydrogen) atoms. The second-order valence-electron chi connectivity index (χ2n) is 6.25. The zero-order chi connectivity index (χ0) is 18.1. The Morgan fingerprint density at radius 3 is 2.44 bits per heavy atom. The van der Waals surface area contributed by atoms with Crippen LogP contribution in [0.15, 0.2) is 24.3 Å². The predicted molar refractivity (Wildman–Crippen MR) is 93.7 cm³/mol. The van der Waals surface area contributed by atoms with E-state index in [1.54, 1.807) is 38.3 Å². The van der Waals surface area contributed by atoms with Crippen LogP contribution in [0.1, 0.15) is 49.4 Å². The summed E-state index contributed by atoms with van der Waals surface area (Å²) in [4.78, 5) is 24.0. The van der Waals surface area contributed by atoms with E-state index in [4.69, 9.17) is 14.2 Å². The van der Waals surface area contributed by atoms with E-state index in [0.29, 0.717) is 17.9 Å². The van der Waals surface area contributed by atoms with Gasteiger partial charge in [-0.15, -0.1) is 0 Å². The molecule has 0 aromatic heterocycles. The van der Waals surface area contributed by atoms with Crippen LogP contribution in [-0.4, -0.2) is 44.3 Å². The van der Waals surface area contributed by atoms with Crippen LogP contribution in [0, 0.1) is 0 Å². The first-order valence-electron chi connectivity index (χ1n) is 8.83. The minimum absolute atomic E-state index is 0.0644. The fourth-order valence-corrected chi connectivity index (χ4v) is 2.80. The lowest BCUT2D eigenvalue weighted by atomic mass is 9.95. The largest absolute Gasteiger partial charge is 0.479 e. The van der Waals surface area contributed by atoms with Crippen LogP contribution in [-0.2, 0) is 14.3 Å². The lowest BCUT2D eigenvalue weighted by Gasteiger charge is -2.22. The molecule has 1 fully saturated rings. The third-order valence-corrected chi connectivity index (χ3v) is 4.23. The highest BCUT2D eigenvalue weighted by molar-refractivity contribution is 5.94. The molecule has 6 nitrogen and oxygen atoms in total. The van der Waals surface area contributed by atoms with Crippen molar-refractivity contribution in [3.63, 3.8) is 0 Å². The average molecular weight is 349 g/mol. The van der Waals surface area contributed by atoms with E-state index in [0.717, 1.165) is 12.8 Å². The Labute approximate surface area is 148 Å². The summed E-state index contributed by atoms with van der Waals surface area (Å²) in [6, 6.07) is 7.06. The molecule has 0 saturated heterocycles. The molecular formula is C19H27NO5. The van der Waals surface area contributed by atoms with Gasteiger partial charge in [0.15, 0.2) is 6.10 Å². The van der Waals surface area contributed by atoms with Crippen molar-refractivity contribution in [2.45, 2.75) is 51.2 Å². The Morgan fingerprint density at radius 1 is 1.12 bits per heavy atom. The molecule has 1 saturated carbocycles. The maximum absolute atomic E-state index is 12.3. The standard InChI is InChI=1S/C19H27NO5/c1-14(19(22)24-13-12-23-2)25-17-10-8-15(9-11-17)18(21)20-16-6-4-3-5-7-16/h8-11,14,16H,3-7,12-13H2,1-2H3,(H,20,21)/t14-/m1/s1. The van der Waals surface area contributed by atoms with Crippen molar-refractivity contribution in [1.29, 1.82) is 0 Å². The number of carbonyl (C=O) groups is 2. The predicted octanol–water partition coefficient (Wildman–Crippen LogP) is 2.71. The maximum atomic E-state index is 12.3. The van der Waals surface area contributed by atoms with Gasteiger partial charge >= 0.3 is 5.97 Å². The third-order valence-electron chi connectivity index (χ3n) is 4.23. The minimum atomic E-state index is -0.723. The topological polar surface area (TPSA) is 73.9 Å². The molecule has 1 atom stereocenters. The normalized spacial score (nSPS) is 16.1. The molecule has 1 N–H and O–H groups in total. The molecular weight excluding hydrogens is 322 g/mol. The van der Waals surface area contributed by atoms with Crippen LogP contribution in [0.2, 0.25) is 0 Å². The summed E-state index contributed by atoms with van der Waals surface area (Å²) in [6.45, 7) is 2.17. The van der Waals surface area contributed by atoms with Crippen LogP contribution in [0.3, 0.4) is 0 Å². The zero-order valence-corrected chi connectivity index (χ0v) is 15.0. The Hall–Kier alpha value is -2.08. The van der Waals surface area contributed by atoms with Crippen molar-refractivity contribution >= 4 is 11.9 Å². The number of esters is 1. The van der Waals surface area contributed by atoms with Crippen LogP contribution in [0.4, 0.5) is 0 Å². The molecule has 0 bridgehead atoms. The first-order chi connectivity index (χ1) is 12.1. The average Bonchev–Trinajstić information content (AvgIpc) is 2.63. The summed E-state index contributed by atoms with van der Waals surface area (Å²) < 4.78 is 15.4. The minimum Gasteiger partial charge on any atom is -0.479 e. The van der Waals surface area contributed by atoms with E-state index in [1.165, 1.54) is 19.3 Å². The Morgan fingerprint density at radius 2 is 1.80 bits per heavy atom. The monoisotopic (exact) mass is 349 g/mol. The molecule has 1 aromatic carbocycles. The highest BCUT2D eigenvalue weighted by Gasteiger charge is 2.18. The van der Waals surface area contributed by atoms with Gasteiger partial charge in [-0.1, -0.05) is 19.3 Å². The molecule has 138 valence electrons. The summed E-state index contributed by atoms with van der Waals surface area (Å²) in [7, 11) is 1.54. The smallest absolute Gasteiger partial charge is 0.347 e. The molecule has 2 rings (SSSR count). The molecule has 6 heteroatoms. The van der Waals surface area contributed by atoms with Crippen molar-refractivity contribution in [3.8, 4) is 5.75 Å². The molecule has 0 aliphatic heterocycles. The molecule has 0 radical (unpaired) electrons. The maximum Gasteiger partial charge on any atom is 0.347 e. The van der Waals surface area contributed by atoms with Gasteiger partial charge in [0, 0.05) is 18.7 Å². The van der Waals surface area contributed by atoms with Crippen LogP contribution >= 0.6 is 0 Å². The van der Waals surface area contributed by atoms with Gasteiger partial charge in [0.05, 0.1) is 6.61 Å². The molecule has 1 aliphatic rings. The molecule has 0 spiro atoms. The number of hydrogen-bond acceptors (Lipinski definition) is 5. The van der Waals surface area contributed by atoms with Gasteiger partial charge in [0.1, 0.15) is 12.4 Å². The van der Waals surface area contributed by atoms with E-state index >= 15 is 0 Å². The van der Waals surface area contributed by atoms with Crippen molar-refractivity contribution in [1.82, 2.24) is 5.32 Å². The molecule has 1 amide bonds. The van der Waals surface area contributed by atoms with Crippen LogP contribution < -0.4 is 10.1 Å². The highest BCUT2D eigenvalue weighted by Crippen LogP contribution is 2.19. The first kappa shape index (κ1) is 19.2. The van der Waals surface area contributed by atoms with Crippen LogP contribution in [0.25, 0.3) is 0 Å². The third kappa shape index (κ3) is 6.38. The lowest BCUT2D eigenvalue weighted by Crippen LogP contribution is -2.36. The van der Waals surface area contributed by atoms with Gasteiger partial charge in [0.2, 0.25) is 0 Å². The number of hydrogen-bond donors (Lipinski definition) is 1. The van der Waals surface area contributed by atoms with E-state index in [2.05, 4.69) is 5.32 Å². The fraction of sp³-hybridized carbons (Fsp3) is 0.579. The second-order valence-corrected chi connectivity index (χ2v) is 6.25. The number of rotatable bonds is 8. The van der Waals surface area contributed by atoms with E-state index < -0.39 is 12.1 Å². The number of methoxy groups -OCH3 is 1. The van der Waals surface area contributed by atoms with E-state index in [1.807, 2.05) is 0 Å². The molecule has 0 heterocycles. The number of carbonyl (C=O) groups excluding carboxylic acids is 2. The van der Waals surface area contributed by atoms with Crippen LogP contribution in [0.5, 0.6) is 5.75 Å². The second kappa shape index (κ2) is 10.0. The number of nitrogens with one attached hydrogen (secondary N) is 1. The Kier molecular flexibility index (Phi) is 7.73. The summed E-state index contributed by atoms with van der Waals surface area (Å²) >= 11 is 0. The quantitative estimate of drug-likeness (QED) is 0.577. The van der Waals surface area contributed by atoms with Crippen molar-refractivity contribution < 1.29 is 23.8 Å². The summed E-state index contributed by atoms with van der Waals surface area (Å²) in [5.41, 5.74) is 0.591. The SMILES string of the molecule is COCCOC(=O)[C@@H](C)Oc1ccc(C(=O)NC2CCCCC2)cc1. The van der Waals surface area contributed by atoms with Gasteiger partial charge in [-0.2, -0.15) is 0 Å². The van der Waals surface area contributed by atoms with Gasteiger partial charge in [-0.05, 0) is 44.0 Å². The van der Waals surface area contributed by atoms with Crippen molar-refractivity contribution in [2.75, 3.05) is 20.3 Å². The number of ether oxygens (including phenoxy) is 3. The van der Waals surface area contributed by atoms with Gasteiger partial charge in [-0.25, -0.2) is 4.79 Å². The van der Waals surface area contributed by atoms with E-state index in [9.17, 15) is 9.59 Å². The summed E-state index contributed by atoms with van der Waals surface area (Å²) in [5, 5.41) is 3.08. The van der Waals surface area contributed by atoms with Crippen molar-refractivity contribution in [2.24, 2.45) is 0 Å². The zero-order valence-electron chi connectivity index (χ0n) is 15.0. The highest BCUT2D eigenvalue weighted by atomic mass is 16.6. The summed E-state index contributed by atoms with van der Waals surface area (Å²) in [6.07, 6.45) is 4.99. The van der Waals surface area contributed by atoms with Gasteiger partial charge < -0.3 is 19.5 Å². The Bertz CT molecular complexity index is 551. The molecule has 1 aromatic rings. The lowest BCUT2D eigenvalue weighted by molar-refractivity contribution is -0.152. The number of benzene rings is 1.